The number of nitrogens with zero attached hydrogens (tertiary/aromatic N) is 1. The number of anilines is 1. The highest BCUT2D eigenvalue weighted by Gasteiger charge is 2.45. The number of carbonyl (C=O) groups excluding carboxylic acids is 2. The lowest BCUT2D eigenvalue weighted by Crippen LogP contribution is -2.42. The van der Waals surface area contributed by atoms with Crippen molar-refractivity contribution in [1.82, 2.24) is 5.32 Å². The zero-order chi connectivity index (χ0) is 16.6. The van der Waals surface area contributed by atoms with Crippen molar-refractivity contribution in [2.75, 3.05) is 18.0 Å². The third-order valence-electron chi connectivity index (χ3n) is 5.27. The molecule has 1 fully saturated rings. The second kappa shape index (κ2) is 5.82. The third-order valence-corrected chi connectivity index (χ3v) is 5.27. The summed E-state index contributed by atoms with van der Waals surface area (Å²) in [6.45, 7) is 0.723. The highest BCUT2D eigenvalue weighted by molar-refractivity contribution is 6.01. The monoisotopic (exact) mass is 324 g/mol. The maximum Gasteiger partial charge on any atom is 0.254 e. The van der Waals surface area contributed by atoms with E-state index in [4.69, 9.17) is 4.42 Å². The summed E-state index contributed by atoms with van der Waals surface area (Å²) >= 11 is 0. The molecule has 0 radical (unpaired) electrons. The Morgan fingerprint density at radius 2 is 1.96 bits per heavy atom. The minimum atomic E-state index is -0.292. The van der Waals surface area contributed by atoms with E-state index in [1.54, 1.807) is 6.07 Å². The maximum atomic E-state index is 12.7. The number of amides is 2. The summed E-state index contributed by atoms with van der Waals surface area (Å²) < 4.78 is 4.90. The van der Waals surface area contributed by atoms with Gasteiger partial charge in [-0.25, -0.2) is 0 Å². The first-order valence-electron chi connectivity index (χ1n) is 8.40. The fourth-order valence-corrected chi connectivity index (χ4v) is 4.08. The molecule has 1 N–H and O–H groups in total. The zero-order valence-electron chi connectivity index (χ0n) is 13.5. The normalized spacial score (nSPS) is 17.9. The van der Waals surface area contributed by atoms with Gasteiger partial charge in [-0.05, 0) is 30.5 Å². The van der Waals surface area contributed by atoms with Gasteiger partial charge in [-0.1, -0.05) is 31.0 Å². The van der Waals surface area contributed by atoms with Crippen LogP contribution in [0, 0.1) is 0 Å². The molecule has 5 heteroatoms. The van der Waals surface area contributed by atoms with Gasteiger partial charge < -0.3 is 14.6 Å². The topological polar surface area (TPSA) is 62.6 Å². The molecule has 2 heterocycles. The fraction of sp³-hybridized carbons (Fsp3) is 0.368. The number of hydrogen-bond acceptors (Lipinski definition) is 3. The van der Waals surface area contributed by atoms with Crippen molar-refractivity contribution in [3.8, 4) is 0 Å². The smallest absolute Gasteiger partial charge is 0.254 e. The van der Waals surface area contributed by atoms with E-state index in [2.05, 4.69) is 11.4 Å². The Kier molecular flexibility index (Phi) is 3.63. The van der Waals surface area contributed by atoms with Crippen LogP contribution in [-0.4, -0.2) is 24.9 Å². The van der Waals surface area contributed by atoms with Gasteiger partial charge >= 0.3 is 0 Å². The van der Waals surface area contributed by atoms with E-state index >= 15 is 0 Å². The summed E-state index contributed by atoms with van der Waals surface area (Å²) in [6.07, 6.45) is 7.52. The Hall–Kier alpha value is -2.56. The van der Waals surface area contributed by atoms with Crippen LogP contribution in [0.25, 0.3) is 0 Å². The standard InChI is InChI=1S/C19H20N2O3/c22-17(11-20-18(23)14-7-10-24-12-14)21-13-19(8-3-4-9-19)15-5-1-2-6-16(15)21/h1-2,5-7,10,12H,3-4,8-9,11,13H2,(H,20,23). The Balaban J connectivity index is 1.50. The summed E-state index contributed by atoms with van der Waals surface area (Å²) in [7, 11) is 0. The lowest BCUT2D eigenvalue weighted by Gasteiger charge is -2.24. The molecule has 1 aliphatic heterocycles. The number of hydrogen-bond donors (Lipinski definition) is 1. The van der Waals surface area contributed by atoms with Gasteiger partial charge in [-0.3, -0.25) is 9.59 Å². The van der Waals surface area contributed by atoms with Crippen LogP contribution in [0.2, 0.25) is 0 Å². The van der Waals surface area contributed by atoms with Crippen LogP contribution < -0.4 is 10.2 Å². The second-order valence-corrected chi connectivity index (χ2v) is 6.68. The van der Waals surface area contributed by atoms with Crippen molar-refractivity contribution >= 4 is 17.5 Å². The maximum absolute atomic E-state index is 12.7. The second-order valence-electron chi connectivity index (χ2n) is 6.68. The summed E-state index contributed by atoms with van der Waals surface area (Å²) in [6, 6.07) is 9.76. The van der Waals surface area contributed by atoms with Crippen molar-refractivity contribution in [1.29, 1.82) is 0 Å². The Morgan fingerprint density at radius 1 is 1.17 bits per heavy atom. The van der Waals surface area contributed by atoms with E-state index < -0.39 is 0 Å². The van der Waals surface area contributed by atoms with E-state index in [-0.39, 0.29) is 23.8 Å². The number of nitrogens with one attached hydrogen (secondary N) is 1. The number of fused-ring (bicyclic) bond motifs is 2. The molecular weight excluding hydrogens is 304 g/mol. The lowest BCUT2D eigenvalue weighted by atomic mass is 9.81. The molecule has 1 aromatic heterocycles. The highest BCUT2D eigenvalue weighted by Crippen LogP contribution is 2.50. The summed E-state index contributed by atoms with van der Waals surface area (Å²) in [5.41, 5.74) is 2.83. The first kappa shape index (κ1) is 15.0. The fourth-order valence-electron chi connectivity index (χ4n) is 4.08. The molecule has 0 saturated heterocycles. The van der Waals surface area contributed by atoms with E-state index in [0.717, 1.165) is 25.1 Å². The molecule has 2 aliphatic rings. The number of para-hydroxylation sites is 1. The largest absolute Gasteiger partial charge is 0.472 e. The van der Waals surface area contributed by atoms with E-state index in [1.807, 2.05) is 23.1 Å². The zero-order valence-corrected chi connectivity index (χ0v) is 13.5. The van der Waals surface area contributed by atoms with Gasteiger partial charge in [0.05, 0.1) is 18.4 Å². The van der Waals surface area contributed by atoms with Crippen LogP contribution in [-0.2, 0) is 10.2 Å². The molecule has 2 amide bonds. The van der Waals surface area contributed by atoms with Crippen molar-refractivity contribution in [2.45, 2.75) is 31.1 Å². The summed E-state index contributed by atoms with van der Waals surface area (Å²) in [5, 5.41) is 2.68. The van der Waals surface area contributed by atoms with Gasteiger partial charge in [0.15, 0.2) is 0 Å². The summed E-state index contributed by atoms with van der Waals surface area (Å²) in [5.74, 6) is -0.358. The van der Waals surface area contributed by atoms with Crippen molar-refractivity contribution in [2.24, 2.45) is 0 Å². The lowest BCUT2D eigenvalue weighted by molar-refractivity contribution is -0.117. The van der Waals surface area contributed by atoms with E-state index in [0.29, 0.717) is 5.56 Å². The molecule has 0 unspecified atom stereocenters. The van der Waals surface area contributed by atoms with Gasteiger partial charge in [-0.2, -0.15) is 0 Å². The van der Waals surface area contributed by atoms with Crippen LogP contribution in [0.4, 0.5) is 5.69 Å². The van der Waals surface area contributed by atoms with Crippen LogP contribution in [0.5, 0.6) is 0 Å². The molecule has 24 heavy (non-hydrogen) atoms. The predicted molar refractivity (Wildman–Crippen MR) is 90.0 cm³/mol. The molecule has 124 valence electrons. The molecule has 1 aliphatic carbocycles. The van der Waals surface area contributed by atoms with Gasteiger partial charge in [0.2, 0.25) is 5.91 Å². The quantitative estimate of drug-likeness (QED) is 0.944. The number of furan rings is 1. The minimum absolute atomic E-state index is 0.00553. The number of carbonyl (C=O) groups is 2. The molecule has 1 saturated carbocycles. The molecule has 0 atom stereocenters. The van der Waals surface area contributed by atoms with Gasteiger partial charge in [0.25, 0.3) is 5.91 Å². The first-order valence-corrected chi connectivity index (χ1v) is 8.40. The average molecular weight is 324 g/mol. The van der Waals surface area contributed by atoms with Crippen molar-refractivity contribution < 1.29 is 14.0 Å². The average Bonchev–Trinajstić information content (AvgIpc) is 3.35. The van der Waals surface area contributed by atoms with E-state index in [9.17, 15) is 9.59 Å². The molecule has 1 aromatic carbocycles. The molecule has 4 rings (SSSR count). The minimum Gasteiger partial charge on any atom is -0.472 e. The van der Waals surface area contributed by atoms with Crippen molar-refractivity contribution in [3.63, 3.8) is 0 Å². The first-order chi connectivity index (χ1) is 11.7. The third kappa shape index (κ3) is 2.40. The van der Waals surface area contributed by atoms with E-state index in [1.165, 1.54) is 30.9 Å². The Morgan fingerprint density at radius 3 is 2.71 bits per heavy atom. The summed E-state index contributed by atoms with van der Waals surface area (Å²) in [4.78, 5) is 26.5. The molecule has 0 bridgehead atoms. The van der Waals surface area contributed by atoms with Crippen LogP contribution >= 0.6 is 0 Å². The SMILES string of the molecule is O=C(NCC(=O)N1CC2(CCCC2)c2ccccc21)c1ccoc1. The Bertz CT molecular complexity index is 761. The molecular formula is C19H20N2O3. The highest BCUT2D eigenvalue weighted by atomic mass is 16.3. The molecule has 2 aromatic rings. The van der Waals surface area contributed by atoms with Gasteiger partial charge in [0.1, 0.15) is 6.26 Å². The molecule has 1 spiro atoms. The predicted octanol–water partition coefficient (Wildman–Crippen LogP) is 2.87. The Labute approximate surface area is 140 Å². The van der Waals surface area contributed by atoms with Crippen LogP contribution in [0.1, 0.15) is 41.6 Å². The van der Waals surface area contributed by atoms with Crippen LogP contribution in [0.15, 0.2) is 47.3 Å². The van der Waals surface area contributed by atoms with Crippen molar-refractivity contribution in [3.05, 3.63) is 54.0 Å². The van der Waals surface area contributed by atoms with Gasteiger partial charge in [-0.15, -0.1) is 0 Å². The number of benzene rings is 1. The number of rotatable bonds is 3. The molecule has 5 nitrogen and oxygen atoms in total. The van der Waals surface area contributed by atoms with Gasteiger partial charge in [0, 0.05) is 17.6 Å². The van der Waals surface area contributed by atoms with Crippen LogP contribution in [0.3, 0.4) is 0 Å².